The lowest BCUT2D eigenvalue weighted by molar-refractivity contribution is -0.138. The Morgan fingerprint density at radius 1 is 1.44 bits per heavy atom. The van der Waals surface area contributed by atoms with Gasteiger partial charge in [-0.15, -0.1) is 0 Å². The summed E-state index contributed by atoms with van der Waals surface area (Å²) in [6.07, 6.45) is 0.934. The summed E-state index contributed by atoms with van der Waals surface area (Å²) in [4.78, 5) is 10.4. The topological polar surface area (TPSA) is 63.3 Å². The summed E-state index contributed by atoms with van der Waals surface area (Å²) < 4.78 is 26.0. The number of nitrogens with two attached hydrogens (primary N) is 1. The van der Waals surface area contributed by atoms with Crippen LogP contribution in [0.3, 0.4) is 0 Å². The van der Waals surface area contributed by atoms with E-state index in [4.69, 9.17) is 10.8 Å². The molecule has 3 nitrogen and oxygen atoms in total. The molecule has 1 aromatic carbocycles. The monoisotopic (exact) mass is 229 g/mol. The first-order chi connectivity index (χ1) is 7.52. The van der Waals surface area contributed by atoms with E-state index in [0.717, 1.165) is 6.07 Å². The van der Waals surface area contributed by atoms with E-state index in [-0.39, 0.29) is 18.4 Å². The second-order valence-corrected chi connectivity index (χ2v) is 3.55. The maximum absolute atomic E-state index is 13.2. The number of aliphatic carboxylic acids is 1. The molecule has 0 unspecified atom stereocenters. The molecule has 5 heteroatoms. The van der Waals surface area contributed by atoms with Crippen LogP contribution in [0.15, 0.2) is 18.2 Å². The maximum Gasteiger partial charge on any atom is 0.320 e. The molecule has 16 heavy (non-hydrogen) atoms. The van der Waals surface area contributed by atoms with E-state index in [1.54, 1.807) is 0 Å². The Hall–Kier alpha value is -1.49. The summed E-state index contributed by atoms with van der Waals surface area (Å²) in [5.41, 5.74) is 5.53. The molecule has 0 amide bonds. The van der Waals surface area contributed by atoms with Crippen molar-refractivity contribution >= 4 is 5.97 Å². The van der Waals surface area contributed by atoms with Crippen LogP contribution < -0.4 is 5.73 Å². The van der Waals surface area contributed by atoms with Gasteiger partial charge < -0.3 is 10.8 Å². The van der Waals surface area contributed by atoms with Gasteiger partial charge in [0, 0.05) is 0 Å². The van der Waals surface area contributed by atoms with Gasteiger partial charge in [-0.25, -0.2) is 8.78 Å². The van der Waals surface area contributed by atoms with Crippen molar-refractivity contribution in [3.05, 3.63) is 35.4 Å². The van der Waals surface area contributed by atoms with E-state index in [1.165, 1.54) is 12.1 Å². The van der Waals surface area contributed by atoms with Gasteiger partial charge in [0.05, 0.1) is 0 Å². The number of rotatable bonds is 5. The van der Waals surface area contributed by atoms with Gasteiger partial charge in [-0.2, -0.15) is 0 Å². The average molecular weight is 229 g/mol. The highest BCUT2D eigenvalue weighted by Crippen LogP contribution is 2.14. The summed E-state index contributed by atoms with van der Waals surface area (Å²) >= 11 is 0. The second kappa shape index (κ2) is 5.55. The van der Waals surface area contributed by atoms with Gasteiger partial charge in [-0.3, -0.25) is 4.79 Å². The van der Waals surface area contributed by atoms with Crippen LogP contribution >= 0.6 is 0 Å². The standard InChI is InChI=1S/C11H13F2NO2/c12-8-5-1-3-7(10(8)13)4-2-6-9(14)11(15)16/h1,3,5,9H,2,4,6,14H2,(H,15,16)/t9-/m0/s1. The Bertz CT molecular complexity index is 382. The van der Waals surface area contributed by atoms with Crippen LogP contribution in [-0.2, 0) is 11.2 Å². The van der Waals surface area contributed by atoms with Gasteiger partial charge in [0.2, 0.25) is 0 Å². The predicted molar refractivity (Wildman–Crippen MR) is 54.9 cm³/mol. The van der Waals surface area contributed by atoms with E-state index in [9.17, 15) is 13.6 Å². The van der Waals surface area contributed by atoms with Crippen LogP contribution in [0.25, 0.3) is 0 Å². The van der Waals surface area contributed by atoms with Crippen molar-refractivity contribution in [1.82, 2.24) is 0 Å². The Morgan fingerprint density at radius 2 is 2.12 bits per heavy atom. The van der Waals surface area contributed by atoms with Crippen molar-refractivity contribution in [2.75, 3.05) is 0 Å². The molecule has 1 rings (SSSR count). The number of aryl methyl sites for hydroxylation is 1. The van der Waals surface area contributed by atoms with Crippen LogP contribution in [-0.4, -0.2) is 17.1 Å². The Kier molecular flexibility index (Phi) is 4.37. The minimum Gasteiger partial charge on any atom is -0.480 e. The highest BCUT2D eigenvalue weighted by molar-refractivity contribution is 5.72. The molecule has 0 saturated heterocycles. The fourth-order valence-corrected chi connectivity index (χ4v) is 1.38. The first-order valence-corrected chi connectivity index (χ1v) is 4.93. The Labute approximate surface area is 91.9 Å². The number of carbonyl (C=O) groups is 1. The van der Waals surface area contributed by atoms with Gasteiger partial charge in [0.1, 0.15) is 6.04 Å². The SMILES string of the molecule is N[C@@H](CCCc1cccc(F)c1F)C(=O)O. The fourth-order valence-electron chi connectivity index (χ4n) is 1.38. The Balaban J connectivity index is 2.49. The normalized spacial score (nSPS) is 12.4. The molecule has 0 radical (unpaired) electrons. The predicted octanol–water partition coefficient (Wildman–Crippen LogP) is 1.70. The van der Waals surface area contributed by atoms with Crippen LogP contribution in [0.4, 0.5) is 8.78 Å². The second-order valence-electron chi connectivity index (χ2n) is 3.55. The van der Waals surface area contributed by atoms with Crippen LogP contribution in [0.5, 0.6) is 0 Å². The molecule has 1 atom stereocenters. The van der Waals surface area contributed by atoms with Gasteiger partial charge >= 0.3 is 5.97 Å². The zero-order valence-electron chi connectivity index (χ0n) is 8.62. The molecule has 88 valence electrons. The molecule has 0 saturated carbocycles. The van der Waals surface area contributed by atoms with E-state index in [1.807, 2.05) is 0 Å². The molecule has 0 aliphatic heterocycles. The van der Waals surface area contributed by atoms with Gasteiger partial charge in [0.15, 0.2) is 11.6 Å². The van der Waals surface area contributed by atoms with Crippen molar-refractivity contribution in [2.24, 2.45) is 5.73 Å². The minimum atomic E-state index is -1.08. The molecule has 0 aromatic heterocycles. The third-order valence-electron chi connectivity index (χ3n) is 2.31. The number of benzene rings is 1. The van der Waals surface area contributed by atoms with Crippen molar-refractivity contribution in [2.45, 2.75) is 25.3 Å². The molecule has 1 aromatic rings. The van der Waals surface area contributed by atoms with Crippen molar-refractivity contribution in [1.29, 1.82) is 0 Å². The number of halogens is 2. The third kappa shape index (κ3) is 3.27. The number of hydrogen-bond donors (Lipinski definition) is 2. The highest BCUT2D eigenvalue weighted by Gasteiger charge is 2.12. The zero-order chi connectivity index (χ0) is 12.1. The quantitative estimate of drug-likeness (QED) is 0.807. The fraction of sp³-hybridized carbons (Fsp3) is 0.364. The highest BCUT2D eigenvalue weighted by atomic mass is 19.2. The largest absolute Gasteiger partial charge is 0.480 e. The van der Waals surface area contributed by atoms with Gasteiger partial charge in [0.25, 0.3) is 0 Å². The summed E-state index contributed by atoms with van der Waals surface area (Å²) in [5.74, 6) is -2.84. The van der Waals surface area contributed by atoms with Crippen LogP contribution in [0, 0.1) is 11.6 Å². The Morgan fingerprint density at radius 3 is 2.75 bits per heavy atom. The first kappa shape index (κ1) is 12.6. The lowest BCUT2D eigenvalue weighted by Crippen LogP contribution is -2.29. The lowest BCUT2D eigenvalue weighted by Gasteiger charge is -2.06. The van der Waals surface area contributed by atoms with E-state index in [0.29, 0.717) is 6.42 Å². The smallest absolute Gasteiger partial charge is 0.320 e. The molecule has 0 aliphatic rings. The lowest BCUT2D eigenvalue weighted by atomic mass is 10.0. The summed E-state index contributed by atoms with van der Waals surface area (Å²) in [7, 11) is 0. The van der Waals surface area contributed by atoms with E-state index < -0.39 is 23.6 Å². The molecule has 0 aliphatic carbocycles. The molecule has 0 heterocycles. The summed E-state index contributed by atoms with van der Waals surface area (Å²) in [5, 5.41) is 8.52. The first-order valence-electron chi connectivity index (χ1n) is 4.93. The minimum absolute atomic E-state index is 0.241. The zero-order valence-corrected chi connectivity index (χ0v) is 8.62. The molecular formula is C11H13F2NO2. The molecule has 3 N–H and O–H groups in total. The van der Waals surface area contributed by atoms with Gasteiger partial charge in [-0.05, 0) is 30.9 Å². The van der Waals surface area contributed by atoms with Crippen molar-refractivity contribution in [3.8, 4) is 0 Å². The number of carboxylic acid groups (broad SMARTS) is 1. The number of hydrogen-bond acceptors (Lipinski definition) is 2. The summed E-state index contributed by atoms with van der Waals surface area (Å²) in [6.45, 7) is 0. The van der Waals surface area contributed by atoms with Gasteiger partial charge in [-0.1, -0.05) is 12.1 Å². The van der Waals surface area contributed by atoms with Crippen LogP contribution in [0.1, 0.15) is 18.4 Å². The van der Waals surface area contributed by atoms with E-state index in [2.05, 4.69) is 0 Å². The molecule has 0 bridgehead atoms. The third-order valence-corrected chi connectivity index (χ3v) is 2.31. The molecule has 0 fully saturated rings. The van der Waals surface area contributed by atoms with Crippen molar-refractivity contribution in [3.63, 3.8) is 0 Å². The van der Waals surface area contributed by atoms with E-state index >= 15 is 0 Å². The van der Waals surface area contributed by atoms with Crippen LogP contribution in [0.2, 0.25) is 0 Å². The molecular weight excluding hydrogens is 216 g/mol. The van der Waals surface area contributed by atoms with Crippen molar-refractivity contribution < 1.29 is 18.7 Å². The summed E-state index contributed by atoms with van der Waals surface area (Å²) in [6, 6.07) is 2.99. The maximum atomic E-state index is 13.2. The molecule has 0 spiro atoms. The average Bonchev–Trinajstić information content (AvgIpc) is 2.24. The number of carboxylic acids is 1.